The van der Waals surface area contributed by atoms with Crippen molar-refractivity contribution in [3.05, 3.63) is 65.7 Å². The summed E-state index contributed by atoms with van der Waals surface area (Å²) in [6.07, 6.45) is 4.09. The van der Waals surface area contributed by atoms with Gasteiger partial charge in [0.25, 0.3) is 0 Å². The lowest BCUT2D eigenvalue weighted by Crippen LogP contribution is -2.44. The highest BCUT2D eigenvalue weighted by atomic mass is 32.2. The summed E-state index contributed by atoms with van der Waals surface area (Å²) in [5, 5.41) is -0.448. The van der Waals surface area contributed by atoms with Crippen LogP contribution in [0.2, 0.25) is 0 Å². The molecule has 144 valence electrons. The quantitative estimate of drug-likeness (QED) is 0.734. The van der Waals surface area contributed by atoms with Gasteiger partial charge in [0.1, 0.15) is 11.0 Å². The van der Waals surface area contributed by atoms with E-state index in [-0.39, 0.29) is 6.04 Å². The number of hydrogen-bond donors (Lipinski definition) is 0. The third kappa shape index (κ3) is 4.19. The Morgan fingerprint density at radius 1 is 0.963 bits per heavy atom. The molecule has 2 aliphatic rings. The number of hydrogen-bond acceptors (Lipinski definition) is 3. The predicted octanol–water partition coefficient (Wildman–Crippen LogP) is 4.53. The highest BCUT2D eigenvalue weighted by molar-refractivity contribution is 7.89. The van der Waals surface area contributed by atoms with Crippen LogP contribution in [-0.2, 0) is 16.6 Å². The first-order valence-electron chi connectivity index (χ1n) is 9.81. The molecule has 2 fully saturated rings. The first kappa shape index (κ1) is 18.5. The Balaban J connectivity index is 1.49. The van der Waals surface area contributed by atoms with Gasteiger partial charge in [0.15, 0.2) is 0 Å². The van der Waals surface area contributed by atoms with Crippen LogP contribution in [0.25, 0.3) is 0 Å². The molecule has 0 amide bonds. The van der Waals surface area contributed by atoms with Crippen molar-refractivity contribution in [2.75, 3.05) is 6.61 Å². The maximum Gasteiger partial charge on any atom is 0.221 e. The zero-order chi connectivity index (χ0) is 18.9. The zero-order valence-electron chi connectivity index (χ0n) is 15.8. The summed E-state index contributed by atoms with van der Waals surface area (Å²) in [5.41, 5.74) is 1.89. The van der Waals surface area contributed by atoms with Crippen LogP contribution in [0.5, 0.6) is 5.75 Å². The smallest absolute Gasteiger partial charge is 0.221 e. The Hall–Kier alpha value is -1.85. The van der Waals surface area contributed by atoms with E-state index in [1.165, 1.54) is 12.8 Å². The van der Waals surface area contributed by atoms with Crippen LogP contribution in [0, 0.1) is 5.92 Å². The normalized spacial score (nSPS) is 25.2. The lowest BCUT2D eigenvalue weighted by atomic mass is 10.0. The molecule has 4 rings (SSSR count). The highest BCUT2D eigenvalue weighted by Gasteiger charge is 2.40. The zero-order valence-corrected chi connectivity index (χ0v) is 16.6. The Labute approximate surface area is 162 Å². The average molecular weight is 386 g/mol. The van der Waals surface area contributed by atoms with Gasteiger partial charge in [-0.05, 0) is 61.8 Å². The minimum absolute atomic E-state index is 0.0146. The Morgan fingerprint density at radius 2 is 1.67 bits per heavy atom. The van der Waals surface area contributed by atoms with E-state index >= 15 is 0 Å². The van der Waals surface area contributed by atoms with Gasteiger partial charge in [0, 0.05) is 12.6 Å². The van der Waals surface area contributed by atoms with Crippen molar-refractivity contribution >= 4 is 10.0 Å². The first-order chi connectivity index (χ1) is 13.0. The van der Waals surface area contributed by atoms with Gasteiger partial charge in [-0.25, -0.2) is 8.42 Å². The molecule has 0 N–H and O–H groups in total. The lowest BCUT2D eigenvalue weighted by molar-refractivity contribution is 0.281. The van der Waals surface area contributed by atoms with Crippen molar-refractivity contribution in [3.8, 4) is 5.75 Å². The van der Waals surface area contributed by atoms with E-state index in [1.54, 1.807) is 4.31 Å². The topological polar surface area (TPSA) is 46.6 Å². The molecule has 2 atom stereocenters. The van der Waals surface area contributed by atoms with E-state index in [0.29, 0.717) is 13.0 Å². The monoisotopic (exact) mass is 385 g/mol. The van der Waals surface area contributed by atoms with Crippen molar-refractivity contribution in [2.45, 2.75) is 50.4 Å². The van der Waals surface area contributed by atoms with E-state index in [4.69, 9.17) is 4.74 Å². The summed E-state index contributed by atoms with van der Waals surface area (Å²) in [7, 11) is -3.39. The summed E-state index contributed by atoms with van der Waals surface area (Å²) in [6.45, 7) is 3.21. The molecule has 0 spiro atoms. The molecular formula is C22H27NO3S. The van der Waals surface area contributed by atoms with Gasteiger partial charge in [0.05, 0.1) is 6.61 Å². The predicted molar refractivity (Wildman–Crippen MR) is 107 cm³/mol. The summed E-state index contributed by atoms with van der Waals surface area (Å²) in [5.74, 6) is 1.58. The molecule has 27 heavy (non-hydrogen) atoms. The fourth-order valence-electron chi connectivity index (χ4n) is 3.72. The number of rotatable bonds is 6. The third-order valence-corrected chi connectivity index (χ3v) is 8.01. The van der Waals surface area contributed by atoms with E-state index in [0.717, 1.165) is 35.8 Å². The highest BCUT2D eigenvalue weighted by Crippen LogP contribution is 2.38. The van der Waals surface area contributed by atoms with Crippen molar-refractivity contribution in [3.63, 3.8) is 0 Å². The standard InChI is InChI=1S/C22H27NO3S/c1-17-7-14-22(20-5-3-2-4-6-20)27(24,25)23(17)15-18-10-12-21(13-11-18)26-16-19-8-9-19/h2-6,10-13,17,19,22H,7-9,14-16H2,1H3/t17-,22?/m0/s1. The molecule has 2 aromatic carbocycles. The van der Waals surface area contributed by atoms with Crippen LogP contribution in [0.15, 0.2) is 54.6 Å². The molecule has 1 saturated carbocycles. The second-order valence-corrected chi connectivity index (χ2v) is 9.88. The van der Waals surface area contributed by atoms with Gasteiger partial charge in [0.2, 0.25) is 10.0 Å². The Bertz CT molecular complexity index is 860. The van der Waals surface area contributed by atoms with Crippen LogP contribution in [-0.4, -0.2) is 25.4 Å². The molecule has 1 unspecified atom stereocenters. The van der Waals surface area contributed by atoms with E-state index in [9.17, 15) is 8.42 Å². The van der Waals surface area contributed by atoms with Crippen molar-refractivity contribution in [2.24, 2.45) is 5.92 Å². The van der Waals surface area contributed by atoms with Crippen LogP contribution >= 0.6 is 0 Å². The van der Waals surface area contributed by atoms with Gasteiger partial charge >= 0.3 is 0 Å². The van der Waals surface area contributed by atoms with Crippen molar-refractivity contribution in [1.82, 2.24) is 4.31 Å². The van der Waals surface area contributed by atoms with E-state index in [1.807, 2.05) is 61.5 Å². The first-order valence-corrected chi connectivity index (χ1v) is 11.3. The SMILES string of the molecule is C[C@H]1CCC(c2ccccc2)S(=O)(=O)N1Cc1ccc(OCC2CC2)cc1. The largest absolute Gasteiger partial charge is 0.493 e. The van der Waals surface area contributed by atoms with Gasteiger partial charge in [-0.2, -0.15) is 4.31 Å². The molecule has 1 aliphatic heterocycles. The minimum Gasteiger partial charge on any atom is -0.493 e. The summed E-state index contributed by atoms with van der Waals surface area (Å²) in [4.78, 5) is 0. The summed E-state index contributed by atoms with van der Waals surface area (Å²) >= 11 is 0. The Morgan fingerprint density at radius 3 is 2.33 bits per heavy atom. The second kappa shape index (κ2) is 7.64. The number of benzene rings is 2. The molecule has 5 heteroatoms. The molecule has 0 aromatic heterocycles. The molecule has 4 nitrogen and oxygen atoms in total. The fourth-order valence-corrected chi connectivity index (χ4v) is 5.92. The van der Waals surface area contributed by atoms with Crippen LogP contribution < -0.4 is 4.74 Å². The van der Waals surface area contributed by atoms with Gasteiger partial charge in [-0.1, -0.05) is 42.5 Å². The third-order valence-electron chi connectivity index (χ3n) is 5.64. The maximum absolute atomic E-state index is 13.3. The number of sulfonamides is 1. The second-order valence-electron chi connectivity index (χ2n) is 7.81. The molecule has 1 heterocycles. The van der Waals surface area contributed by atoms with Gasteiger partial charge in [-0.3, -0.25) is 0 Å². The molecular weight excluding hydrogens is 358 g/mol. The number of nitrogens with zero attached hydrogens (tertiary/aromatic N) is 1. The van der Waals surface area contributed by atoms with Gasteiger partial charge in [-0.15, -0.1) is 0 Å². The molecule has 1 aliphatic carbocycles. The molecule has 1 saturated heterocycles. The van der Waals surface area contributed by atoms with E-state index < -0.39 is 15.3 Å². The van der Waals surface area contributed by atoms with E-state index in [2.05, 4.69) is 0 Å². The van der Waals surface area contributed by atoms with Crippen molar-refractivity contribution < 1.29 is 13.2 Å². The number of ether oxygens (including phenoxy) is 1. The summed E-state index contributed by atoms with van der Waals surface area (Å²) < 4.78 is 34.0. The average Bonchev–Trinajstić information content (AvgIpc) is 3.49. The minimum atomic E-state index is -3.39. The van der Waals surface area contributed by atoms with Crippen molar-refractivity contribution in [1.29, 1.82) is 0 Å². The molecule has 2 aromatic rings. The fraction of sp³-hybridized carbons (Fsp3) is 0.455. The Kier molecular flexibility index (Phi) is 5.24. The van der Waals surface area contributed by atoms with Crippen LogP contribution in [0.3, 0.4) is 0 Å². The molecule has 0 bridgehead atoms. The van der Waals surface area contributed by atoms with Crippen LogP contribution in [0.1, 0.15) is 49.0 Å². The maximum atomic E-state index is 13.3. The van der Waals surface area contributed by atoms with Crippen LogP contribution in [0.4, 0.5) is 0 Å². The lowest BCUT2D eigenvalue weighted by Gasteiger charge is -2.37. The summed E-state index contributed by atoms with van der Waals surface area (Å²) in [6, 6.07) is 17.5. The van der Waals surface area contributed by atoms with Gasteiger partial charge < -0.3 is 4.74 Å². The molecule has 0 radical (unpaired) electrons.